The van der Waals surface area contributed by atoms with E-state index in [0.717, 1.165) is 42.2 Å². The summed E-state index contributed by atoms with van der Waals surface area (Å²) in [5.74, 6) is -0.321. The molecule has 150 valence electrons. The van der Waals surface area contributed by atoms with Crippen molar-refractivity contribution in [1.82, 2.24) is 15.3 Å². The number of imidazole rings is 1. The third-order valence-corrected chi connectivity index (χ3v) is 5.89. The van der Waals surface area contributed by atoms with Crippen LogP contribution in [0.3, 0.4) is 0 Å². The van der Waals surface area contributed by atoms with Gasteiger partial charge in [0.05, 0.1) is 16.1 Å². The van der Waals surface area contributed by atoms with E-state index in [4.69, 9.17) is 0 Å². The number of carbonyl (C=O) groups excluding carboxylic acids is 1. The van der Waals surface area contributed by atoms with Gasteiger partial charge >= 0.3 is 0 Å². The number of nitrogens with one attached hydrogen (secondary N) is 2. The number of nitro benzene ring substituents is 1. The van der Waals surface area contributed by atoms with Crippen molar-refractivity contribution >= 4 is 28.6 Å². The molecule has 0 unspecified atom stereocenters. The van der Waals surface area contributed by atoms with Crippen LogP contribution in [0.4, 0.5) is 11.4 Å². The molecular formula is C20H21N5O3S. The van der Waals surface area contributed by atoms with Crippen molar-refractivity contribution in [3.05, 3.63) is 63.4 Å². The van der Waals surface area contributed by atoms with E-state index in [2.05, 4.69) is 15.3 Å². The Labute approximate surface area is 171 Å². The number of carbonyl (C=O) groups is 1. The minimum Gasteiger partial charge on any atom is -0.366 e. The quantitative estimate of drug-likeness (QED) is 0.456. The van der Waals surface area contributed by atoms with Crippen LogP contribution in [0.15, 0.2) is 42.0 Å². The van der Waals surface area contributed by atoms with Gasteiger partial charge in [0.15, 0.2) is 0 Å². The molecule has 1 aliphatic rings. The van der Waals surface area contributed by atoms with E-state index >= 15 is 0 Å². The lowest BCUT2D eigenvalue weighted by Crippen LogP contribution is -2.26. The number of nitrogens with zero attached hydrogens (tertiary/aromatic N) is 3. The first-order chi connectivity index (χ1) is 14.1. The molecule has 1 aromatic carbocycles. The maximum absolute atomic E-state index is 12.5. The number of aromatic nitrogens is 2. The summed E-state index contributed by atoms with van der Waals surface area (Å²) in [6, 6.07) is 8.69. The molecule has 0 spiro atoms. The molecule has 8 nitrogen and oxygen atoms in total. The molecular weight excluding hydrogens is 390 g/mol. The van der Waals surface area contributed by atoms with Gasteiger partial charge < -0.3 is 15.2 Å². The summed E-state index contributed by atoms with van der Waals surface area (Å²) in [5.41, 5.74) is 2.70. The zero-order valence-corrected chi connectivity index (χ0v) is 16.6. The van der Waals surface area contributed by atoms with Gasteiger partial charge in [0.2, 0.25) is 0 Å². The second-order valence-electron chi connectivity index (χ2n) is 6.87. The maximum Gasteiger partial charge on any atom is 0.293 e. The highest BCUT2D eigenvalue weighted by Gasteiger charge is 2.23. The summed E-state index contributed by atoms with van der Waals surface area (Å²) >= 11 is 1.61. The van der Waals surface area contributed by atoms with Gasteiger partial charge in [0.1, 0.15) is 11.4 Å². The topological polar surface area (TPSA) is 104 Å². The Morgan fingerprint density at radius 1 is 1.31 bits per heavy atom. The monoisotopic (exact) mass is 411 g/mol. The molecule has 1 aliphatic heterocycles. The summed E-state index contributed by atoms with van der Waals surface area (Å²) in [6.07, 6.45) is 4.29. The molecule has 2 aromatic heterocycles. The molecule has 0 atom stereocenters. The summed E-state index contributed by atoms with van der Waals surface area (Å²) in [6.45, 7) is 2.02. The average Bonchev–Trinajstić information content (AvgIpc) is 3.49. The van der Waals surface area contributed by atoms with Crippen LogP contribution in [0.2, 0.25) is 0 Å². The first kappa shape index (κ1) is 19.1. The van der Waals surface area contributed by atoms with E-state index in [1.165, 1.54) is 6.07 Å². The Hall–Kier alpha value is -3.20. The maximum atomic E-state index is 12.5. The summed E-state index contributed by atoms with van der Waals surface area (Å²) in [7, 11) is 0. The summed E-state index contributed by atoms with van der Waals surface area (Å²) < 4.78 is 0. The van der Waals surface area contributed by atoms with Gasteiger partial charge in [0.25, 0.3) is 11.6 Å². The average molecular weight is 411 g/mol. The number of aromatic amines is 1. The second-order valence-corrected chi connectivity index (χ2v) is 7.82. The zero-order chi connectivity index (χ0) is 20.2. The van der Waals surface area contributed by atoms with Crippen molar-refractivity contribution < 1.29 is 9.72 Å². The number of anilines is 1. The molecule has 0 saturated carbocycles. The number of hydrogen-bond donors (Lipinski definition) is 2. The third-order valence-electron chi connectivity index (χ3n) is 5.01. The van der Waals surface area contributed by atoms with Crippen molar-refractivity contribution in [2.45, 2.75) is 19.3 Å². The van der Waals surface area contributed by atoms with E-state index in [1.54, 1.807) is 29.8 Å². The fraction of sp³-hybridized carbons (Fsp3) is 0.300. The Morgan fingerprint density at radius 2 is 2.14 bits per heavy atom. The van der Waals surface area contributed by atoms with Crippen molar-refractivity contribution in [2.24, 2.45) is 0 Å². The van der Waals surface area contributed by atoms with Crippen molar-refractivity contribution in [2.75, 3.05) is 24.5 Å². The van der Waals surface area contributed by atoms with Crippen LogP contribution in [0, 0.1) is 10.1 Å². The lowest BCUT2D eigenvalue weighted by molar-refractivity contribution is -0.384. The van der Waals surface area contributed by atoms with Gasteiger partial charge in [-0.25, -0.2) is 4.98 Å². The number of thiophene rings is 1. The first-order valence-corrected chi connectivity index (χ1v) is 10.4. The Balaban J connectivity index is 1.42. The molecule has 2 N–H and O–H groups in total. The van der Waals surface area contributed by atoms with Gasteiger partial charge in [-0.2, -0.15) is 0 Å². The van der Waals surface area contributed by atoms with Gasteiger partial charge in [-0.15, -0.1) is 11.3 Å². The molecule has 4 rings (SSSR count). The lowest BCUT2D eigenvalue weighted by Gasteiger charge is -2.17. The van der Waals surface area contributed by atoms with E-state index in [1.807, 2.05) is 22.4 Å². The highest BCUT2D eigenvalue weighted by atomic mass is 32.1. The number of benzene rings is 1. The van der Waals surface area contributed by atoms with Crippen LogP contribution in [-0.4, -0.2) is 40.4 Å². The fourth-order valence-corrected chi connectivity index (χ4v) is 4.33. The van der Waals surface area contributed by atoms with E-state index in [9.17, 15) is 14.9 Å². The molecule has 0 radical (unpaired) electrons. The molecule has 1 fully saturated rings. The van der Waals surface area contributed by atoms with Crippen LogP contribution >= 0.6 is 11.3 Å². The SMILES string of the molecule is O=C(NCCc1[nH]cnc1-c1cccs1)c1ccc(N2CCCC2)c([N+](=O)[O-])c1. The summed E-state index contributed by atoms with van der Waals surface area (Å²) in [4.78, 5) is 34.2. The molecule has 1 amide bonds. The highest BCUT2D eigenvalue weighted by molar-refractivity contribution is 7.13. The minimum absolute atomic E-state index is 0.0203. The van der Waals surface area contributed by atoms with Crippen molar-refractivity contribution in [3.8, 4) is 10.6 Å². The van der Waals surface area contributed by atoms with Gasteiger partial charge in [-0.3, -0.25) is 14.9 Å². The van der Waals surface area contributed by atoms with Crippen LogP contribution in [0.25, 0.3) is 10.6 Å². The second kappa shape index (κ2) is 8.44. The Kier molecular flexibility index (Phi) is 5.57. The van der Waals surface area contributed by atoms with Crippen LogP contribution in [-0.2, 0) is 6.42 Å². The van der Waals surface area contributed by atoms with E-state index in [0.29, 0.717) is 24.2 Å². The first-order valence-electron chi connectivity index (χ1n) is 9.51. The smallest absolute Gasteiger partial charge is 0.293 e. The molecule has 3 aromatic rings. The molecule has 9 heteroatoms. The fourth-order valence-electron chi connectivity index (χ4n) is 3.58. The number of rotatable bonds is 7. The molecule has 3 heterocycles. The third kappa shape index (κ3) is 4.14. The lowest BCUT2D eigenvalue weighted by atomic mass is 10.1. The number of hydrogen-bond acceptors (Lipinski definition) is 6. The zero-order valence-electron chi connectivity index (χ0n) is 15.8. The van der Waals surface area contributed by atoms with Crippen LogP contribution in [0.5, 0.6) is 0 Å². The predicted molar refractivity (Wildman–Crippen MR) is 112 cm³/mol. The standard InChI is InChI=1S/C20H21N5O3S/c26-20(21-8-7-15-19(23-13-22-15)18-4-3-11-29-18)14-5-6-16(17(12-14)25(27)28)24-9-1-2-10-24/h3-6,11-13H,1-2,7-10H2,(H,21,26)(H,22,23). The van der Waals surface area contributed by atoms with Crippen LogP contribution < -0.4 is 10.2 Å². The predicted octanol–water partition coefficient (Wildman–Crippen LogP) is 3.62. The Morgan fingerprint density at radius 3 is 2.86 bits per heavy atom. The molecule has 0 bridgehead atoms. The van der Waals surface area contributed by atoms with Crippen LogP contribution in [0.1, 0.15) is 28.9 Å². The Bertz CT molecular complexity index is 1010. The summed E-state index contributed by atoms with van der Waals surface area (Å²) in [5, 5.41) is 16.3. The molecule has 0 aliphatic carbocycles. The molecule has 1 saturated heterocycles. The number of nitro groups is 1. The van der Waals surface area contributed by atoms with Gasteiger partial charge in [-0.1, -0.05) is 6.07 Å². The largest absolute Gasteiger partial charge is 0.366 e. The van der Waals surface area contributed by atoms with E-state index < -0.39 is 4.92 Å². The molecule has 29 heavy (non-hydrogen) atoms. The minimum atomic E-state index is -0.414. The number of H-pyrrole nitrogens is 1. The van der Waals surface area contributed by atoms with Crippen molar-refractivity contribution in [3.63, 3.8) is 0 Å². The van der Waals surface area contributed by atoms with Crippen molar-refractivity contribution in [1.29, 1.82) is 0 Å². The number of amides is 1. The normalized spacial score (nSPS) is 13.6. The highest BCUT2D eigenvalue weighted by Crippen LogP contribution is 2.31. The van der Waals surface area contributed by atoms with Gasteiger partial charge in [0, 0.05) is 43.4 Å². The van der Waals surface area contributed by atoms with E-state index in [-0.39, 0.29) is 11.6 Å². The van der Waals surface area contributed by atoms with Gasteiger partial charge in [-0.05, 0) is 36.4 Å².